The second-order valence-electron chi connectivity index (χ2n) is 17.7. The molecule has 0 radical (unpaired) electrons. The van der Waals surface area contributed by atoms with E-state index in [1.165, 1.54) is 13.0 Å². The third kappa shape index (κ3) is 7.38. The number of esters is 1. The zero-order valence-corrected chi connectivity index (χ0v) is 38.7. The number of rotatable bonds is 8. The number of carbonyl (C=O) groups is 4. The van der Waals surface area contributed by atoms with Crippen molar-refractivity contribution in [3.05, 3.63) is 129 Å². The fourth-order valence-electron chi connectivity index (χ4n) is 9.42. The van der Waals surface area contributed by atoms with Gasteiger partial charge in [-0.3, -0.25) is 14.4 Å². The summed E-state index contributed by atoms with van der Waals surface area (Å²) < 4.78 is 32.0. The monoisotopic (exact) mass is 958 g/mol. The molecule has 0 unspecified atom stereocenters. The van der Waals surface area contributed by atoms with Crippen LogP contribution in [-0.4, -0.2) is 62.3 Å². The van der Waals surface area contributed by atoms with Gasteiger partial charge in [0.25, 0.3) is 12.2 Å². The topological polar surface area (TPSA) is 220 Å². The number of carbonyl (C=O) groups excluding carboxylic acids is 4. The van der Waals surface area contributed by atoms with Crippen LogP contribution < -0.4 is 20.7 Å². The molecule has 16 nitrogen and oxygen atoms in total. The lowest BCUT2D eigenvalue weighted by Gasteiger charge is -2.34. The number of nitrogens with zero attached hydrogens (tertiary/aromatic N) is 2. The predicted octanol–water partition coefficient (Wildman–Crippen LogP) is 8.89. The van der Waals surface area contributed by atoms with E-state index in [0.717, 1.165) is 5.56 Å². The van der Waals surface area contributed by atoms with E-state index in [9.17, 15) is 24.3 Å². The van der Waals surface area contributed by atoms with E-state index in [4.69, 9.17) is 51.2 Å². The van der Waals surface area contributed by atoms with Crippen molar-refractivity contribution in [3.63, 3.8) is 0 Å². The summed E-state index contributed by atoms with van der Waals surface area (Å²) in [5, 5.41) is 21.7. The summed E-state index contributed by atoms with van der Waals surface area (Å²) in [7, 11) is 0. The van der Waals surface area contributed by atoms with Gasteiger partial charge < -0.3 is 49.1 Å². The molecule has 1 spiro atoms. The Morgan fingerprint density at radius 2 is 1.71 bits per heavy atom. The lowest BCUT2D eigenvalue weighted by Crippen LogP contribution is -2.56. The smallest absolute Gasteiger partial charge is 0.408 e. The maximum atomic E-state index is 14.7. The van der Waals surface area contributed by atoms with Gasteiger partial charge in [0.1, 0.15) is 41.4 Å². The number of phenols is 1. The second kappa shape index (κ2) is 17.1. The summed E-state index contributed by atoms with van der Waals surface area (Å²) in [6, 6.07) is 21.5. The number of H-pyrrole nitrogens is 1. The van der Waals surface area contributed by atoms with Crippen molar-refractivity contribution in [2.24, 2.45) is 11.8 Å². The molecule has 6 heterocycles. The predicted molar refractivity (Wildman–Crippen MR) is 249 cm³/mol. The first kappa shape index (κ1) is 44.5. The van der Waals surface area contributed by atoms with Crippen molar-refractivity contribution < 1.29 is 47.3 Å². The SMILES string of the molecule is CC(=O)O[C@@H]1Oc2c3cccc2[C@@]12c1cc(ccc1O)C[C@H](NC(=O)[C@@H](NC(=O)OCc1ccccc1)C(C)C)C(=O)N[C@@H](C(C)C)c1nc(c2o1)-c1nc(Cl)c(o1)-c1c(Cl)[nH]c2cccc-3c12. The average Bonchev–Trinajstić information content (AvgIpc) is 4.07. The molecule has 4 aromatic carbocycles. The Bertz CT molecular complexity index is 3180. The van der Waals surface area contributed by atoms with E-state index in [1.54, 1.807) is 32.0 Å². The molecule has 348 valence electrons. The Morgan fingerprint density at radius 1 is 0.941 bits per heavy atom. The molecule has 10 bridgehead atoms. The van der Waals surface area contributed by atoms with E-state index in [2.05, 4.69) is 25.9 Å². The summed E-state index contributed by atoms with van der Waals surface area (Å²) >= 11 is 13.9. The number of aromatic hydroxyl groups is 1. The molecule has 18 heteroatoms. The molecule has 7 aromatic rings. The van der Waals surface area contributed by atoms with Crippen LogP contribution in [0.15, 0.2) is 93.8 Å². The molecule has 5 atom stereocenters. The minimum Gasteiger partial charge on any atom is -0.508 e. The number of oxazole rings is 2. The van der Waals surface area contributed by atoms with Crippen LogP contribution in [0.4, 0.5) is 4.79 Å². The molecule has 3 aromatic heterocycles. The Morgan fingerprint density at radius 3 is 2.46 bits per heavy atom. The van der Waals surface area contributed by atoms with Gasteiger partial charge in [-0.15, -0.1) is 0 Å². The Balaban J connectivity index is 1.17. The number of alkyl carbamates (subject to hydrolysis) is 1. The summed E-state index contributed by atoms with van der Waals surface area (Å²) in [6.45, 7) is 8.42. The highest BCUT2D eigenvalue weighted by molar-refractivity contribution is 6.37. The van der Waals surface area contributed by atoms with Crippen LogP contribution in [0.2, 0.25) is 10.3 Å². The number of halogens is 2. The Labute approximate surface area is 398 Å². The van der Waals surface area contributed by atoms with Crippen molar-refractivity contribution in [2.75, 3.05) is 0 Å². The average molecular weight is 960 g/mol. The standard InChI is InChI=1S/C50H44Cl2N6O10/c1-22(2)36(57-49(63)64-21-25-11-7-6-8-12-25)45(62)54-32-20-26-17-18-33(60)30(19-26)50-29-15-9-14-28(39(29)67-48(50)65-24(5)59)27-13-10-16-31-34(27)35(42(51)53-31)40-43(52)58-47(66-40)38-41(50)68-46(56-38)37(23(3)4)55-44(32)61/h6-19,22-23,32,36-37,48,53,60H,20-21H2,1-5H3,(H,54,62)(H,55,61)(H,57,63)/t32-,36-,37-,48+,50-/m0/s1. The van der Waals surface area contributed by atoms with Crippen LogP contribution in [0, 0.1) is 11.8 Å². The van der Waals surface area contributed by atoms with Crippen molar-refractivity contribution in [3.8, 4) is 45.5 Å². The fraction of sp³-hybridized carbons (Fsp3) is 0.280. The molecule has 3 aliphatic heterocycles. The van der Waals surface area contributed by atoms with Crippen molar-refractivity contribution in [1.82, 2.24) is 30.9 Å². The van der Waals surface area contributed by atoms with Gasteiger partial charge in [0, 0.05) is 40.9 Å². The van der Waals surface area contributed by atoms with Crippen LogP contribution >= 0.6 is 23.2 Å². The minimum absolute atomic E-state index is 0.0114. The largest absolute Gasteiger partial charge is 0.508 e. The number of benzene rings is 4. The first-order valence-corrected chi connectivity index (χ1v) is 22.8. The molecule has 0 aliphatic carbocycles. The highest BCUT2D eigenvalue weighted by Crippen LogP contribution is 2.60. The lowest BCUT2D eigenvalue weighted by atomic mass is 9.70. The van der Waals surface area contributed by atoms with Crippen molar-refractivity contribution in [2.45, 2.75) is 77.5 Å². The highest BCUT2D eigenvalue weighted by Gasteiger charge is 2.61. The first-order chi connectivity index (χ1) is 32.6. The van der Waals surface area contributed by atoms with Gasteiger partial charge in [-0.25, -0.2) is 9.78 Å². The van der Waals surface area contributed by atoms with Gasteiger partial charge >= 0.3 is 12.1 Å². The van der Waals surface area contributed by atoms with Crippen LogP contribution in [-0.2, 0) is 42.3 Å². The molecule has 0 saturated heterocycles. The minimum atomic E-state index is -1.87. The second-order valence-corrected chi connectivity index (χ2v) is 18.5. The molecule has 0 saturated carbocycles. The van der Waals surface area contributed by atoms with Gasteiger partial charge in [-0.2, -0.15) is 4.98 Å². The van der Waals surface area contributed by atoms with E-state index in [-0.39, 0.29) is 63.6 Å². The molecule has 3 aliphatic rings. The van der Waals surface area contributed by atoms with Crippen molar-refractivity contribution in [1.29, 1.82) is 0 Å². The van der Waals surface area contributed by atoms with E-state index < -0.39 is 65.5 Å². The van der Waals surface area contributed by atoms with E-state index in [1.807, 2.05) is 74.5 Å². The number of hydrogen-bond donors (Lipinski definition) is 5. The normalized spacial score (nSPS) is 19.4. The molecular formula is C50H44Cl2N6O10. The number of aromatic nitrogens is 3. The molecule has 0 fully saturated rings. The quantitative estimate of drug-likeness (QED) is 0.0902. The molecular weight excluding hydrogens is 915 g/mol. The van der Waals surface area contributed by atoms with Crippen LogP contribution in [0.25, 0.3) is 44.9 Å². The van der Waals surface area contributed by atoms with Crippen LogP contribution in [0.3, 0.4) is 0 Å². The third-order valence-corrected chi connectivity index (χ3v) is 13.1. The zero-order chi connectivity index (χ0) is 47.8. The maximum absolute atomic E-state index is 14.7. The molecule has 3 amide bonds. The molecule has 5 N–H and O–H groups in total. The summed E-state index contributed by atoms with van der Waals surface area (Å²) in [6.07, 6.45) is -2.50. The highest BCUT2D eigenvalue weighted by atomic mass is 35.5. The van der Waals surface area contributed by atoms with Gasteiger partial charge in [-0.1, -0.05) is 124 Å². The van der Waals surface area contributed by atoms with Gasteiger partial charge in [-0.05, 0) is 40.7 Å². The molecule has 68 heavy (non-hydrogen) atoms. The van der Waals surface area contributed by atoms with Gasteiger partial charge in [0.15, 0.2) is 27.8 Å². The van der Waals surface area contributed by atoms with E-state index in [0.29, 0.717) is 44.5 Å². The van der Waals surface area contributed by atoms with Crippen molar-refractivity contribution >= 4 is 58.0 Å². The first-order valence-electron chi connectivity index (χ1n) is 22.0. The Hall–Kier alpha value is -7.30. The number of amides is 3. The zero-order valence-electron chi connectivity index (χ0n) is 37.2. The Kier molecular flexibility index (Phi) is 11.2. The number of phenolic OH excluding ortho intramolecular Hbond substituents is 1. The number of ether oxygens (including phenoxy) is 3. The fourth-order valence-corrected chi connectivity index (χ4v) is 9.91. The summed E-state index contributed by atoms with van der Waals surface area (Å²) in [4.78, 5) is 68.3. The van der Waals surface area contributed by atoms with Crippen LogP contribution in [0.1, 0.15) is 74.6 Å². The van der Waals surface area contributed by atoms with Gasteiger partial charge in [0.2, 0.25) is 17.7 Å². The number of nitrogens with one attached hydrogen (secondary N) is 4. The summed E-state index contributed by atoms with van der Waals surface area (Å²) in [5.74, 6) is -2.82. The summed E-state index contributed by atoms with van der Waals surface area (Å²) in [5.41, 5.74) is 2.15. The maximum Gasteiger partial charge on any atom is 0.408 e. The number of fused-ring (bicyclic) bond motifs is 8. The number of para-hydroxylation sites is 1. The van der Waals surface area contributed by atoms with E-state index >= 15 is 0 Å². The van der Waals surface area contributed by atoms with Gasteiger partial charge in [0.05, 0.1) is 5.56 Å². The van der Waals surface area contributed by atoms with Crippen LogP contribution in [0.5, 0.6) is 11.5 Å². The third-order valence-electron chi connectivity index (χ3n) is 12.6. The molecule has 10 rings (SSSR count). The lowest BCUT2D eigenvalue weighted by molar-refractivity contribution is -0.164. The number of aromatic amines is 1. The number of hydrogen-bond acceptors (Lipinski definition) is 12.